The van der Waals surface area contributed by atoms with Gasteiger partial charge >= 0.3 is 5.97 Å². The lowest BCUT2D eigenvalue weighted by Crippen LogP contribution is -2.18. The Morgan fingerprint density at radius 3 is 2.35 bits per heavy atom. The molecule has 2 aromatic rings. The zero-order chi connectivity index (χ0) is 18.7. The van der Waals surface area contributed by atoms with E-state index in [-0.39, 0.29) is 23.9 Å². The van der Waals surface area contributed by atoms with Crippen LogP contribution in [0.4, 0.5) is 5.69 Å². The second-order valence-electron chi connectivity index (χ2n) is 5.98. The van der Waals surface area contributed by atoms with Crippen molar-refractivity contribution in [2.24, 2.45) is 10.8 Å². The summed E-state index contributed by atoms with van der Waals surface area (Å²) in [6, 6.07) is 14.3. The molecule has 0 spiro atoms. The summed E-state index contributed by atoms with van der Waals surface area (Å²) >= 11 is -2.16. The Morgan fingerprint density at radius 2 is 1.81 bits per heavy atom. The highest BCUT2D eigenvalue weighted by Crippen LogP contribution is 2.35. The number of aliphatic carboxylic acids is 1. The number of carboxylic acids is 1. The van der Waals surface area contributed by atoms with E-state index in [1.54, 1.807) is 29.3 Å². The fraction of sp³-hybridized carbons (Fsp3) is 0.222. The highest BCUT2D eigenvalue weighted by Gasteiger charge is 2.32. The van der Waals surface area contributed by atoms with Gasteiger partial charge in [-0.2, -0.15) is 5.10 Å². The van der Waals surface area contributed by atoms with Crippen molar-refractivity contribution in [3.8, 4) is 0 Å². The fourth-order valence-electron chi connectivity index (χ4n) is 2.89. The maximum atomic E-state index is 11.4. The molecule has 1 aliphatic heterocycles. The molecule has 136 valence electrons. The maximum absolute atomic E-state index is 11.4. The Morgan fingerprint density at radius 1 is 1.19 bits per heavy atom. The van der Waals surface area contributed by atoms with Crippen LogP contribution in [-0.2, 0) is 28.2 Å². The first kappa shape index (κ1) is 18.2. The van der Waals surface area contributed by atoms with Gasteiger partial charge in [-0.3, -0.25) is 9.22 Å². The molecule has 2 unspecified atom stereocenters. The quantitative estimate of drug-likeness (QED) is 0.748. The average Bonchev–Trinajstić information content (AvgIpc) is 3.07. The molecule has 0 radical (unpaired) electrons. The van der Waals surface area contributed by atoms with Crippen LogP contribution in [0.15, 0.2) is 53.6 Å². The molecule has 26 heavy (non-hydrogen) atoms. The number of carbonyl (C=O) groups is 1. The Labute approximate surface area is 153 Å². The molecule has 0 aliphatic carbocycles. The normalized spacial score (nSPS) is 17.8. The van der Waals surface area contributed by atoms with Crippen molar-refractivity contribution in [1.82, 2.24) is 0 Å². The maximum Gasteiger partial charge on any atom is 0.352 e. The van der Waals surface area contributed by atoms with Crippen LogP contribution < -0.4 is 10.7 Å². The van der Waals surface area contributed by atoms with Crippen molar-refractivity contribution in [2.45, 2.75) is 24.8 Å². The highest BCUT2D eigenvalue weighted by molar-refractivity contribution is 7.78. The molecule has 3 N–H and O–H groups in total. The van der Waals surface area contributed by atoms with Gasteiger partial charge in [0.15, 0.2) is 0 Å². The van der Waals surface area contributed by atoms with E-state index in [0.29, 0.717) is 17.8 Å². The van der Waals surface area contributed by atoms with Crippen molar-refractivity contribution in [3.05, 3.63) is 65.2 Å². The summed E-state index contributed by atoms with van der Waals surface area (Å²) in [5.41, 5.74) is 9.01. The molecule has 0 fully saturated rings. The Kier molecular flexibility index (Phi) is 5.46. The van der Waals surface area contributed by atoms with Crippen LogP contribution in [0.5, 0.6) is 0 Å². The third kappa shape index (κ3) is 3.98. The lowest BCUT2D eigenvalue weighted by atomic mass is 10.00. The molecule has 3 rings (SSSR count). The average molecular weight is 372 g/mol. The van der Waals surface area contributed by atoms with Gasteiger partial charge < -0.3 is 15.4 Å². The van der Waals surface area contributed by atoms with Gasteiger partial charge in [-0.25, -0.2) is 4.79 Å². The van der Waals surface area contributed by atoms with Crippen molar-refractivity contribution < 1.29 is 18.7 Å². The predicted molar refractivity (Wildman–Crippen MR) is 98.3 cm³/mol. The minimum atomic E-state index is -2.16. The van der Waals surface area contributed by atoms with Crippen molar-refractivity contribution in [3.63, 3.8) is 0 Å². The number of carboxylic acid groups (broad SMARTS) is 1. The van der Waals surface area contributed by atoms with Crippen molar-refractivity contribution in [2.75, 3.05) is 5.01 Å². The van der Waals surface area contributed by atoms with E-state index in [1.165, 1.54) is 0 Å². The van der Waals surface area contributed by atoms with Crippen LogP contribution in [0.3, 0.4) is 0 Å². The van der Waals surface area contributed by atoms with Crippen LogP contribution in [0, 0.1) is 0 Å². The second-order valence-corrected chi connectivity index (χ2v) is 6.87. The van der Waals surface area contributed by atoms with Crippen LogP contribution in [0.2, 0.25) is 0 Å². The van der Waals surface area contributed by atoms with E-state index in [4.69, 9.17) is 5.73 Å². The molecule has 0 amide bonds. The summed E-state index contributed by atoms with van der Waals surface area (Å²) in [7, 11) is 0. The number of hydrogen-bond donors (Lipinski definition) is 2. The first-order valence-electron chi connectivity index (χ1n) is 8.01. The van der Waals surface area contributed by atoms with Crippen molar-refractivity contribution in [1.29, 1.82) is 0 Å². The van der Waals surface area contributed by atoms with Crippen LogP contribution in [-0.4, -0.2) is 25.5 Å². The summed E-state index contributed by atoms with van der Waals surface area (Å²) in [6.45, 7) is 0.439. The van der Waals surface area contributed by atoms with Gasteiger partial charge in [0.25, 0.3) is 0 Å². The standard InChI is InChI=1S/C18H19N3O4S/c19-10-12-1-5-14(6-2-12)17-9-16(18(22)23)20-21(17)15-7-3-13(4-8-15)11-26(24)25/h1-8,17H,9-11,19H2,(H,22,23)(H,24,25)/p-1. The molecule has 0 aromatic heterocycles. The first-order valence-corrected chi connectivity index (χ1v) is 9.26. The highest BCUT2D eigenvalue weighted by atomic mass is 32.2. The SMILES string of the molecule is NCc1ccc(C2CC(C(=O)O)=NN2c2ccc(CS(=O)[O-])cc2)cc1. The Hall–Kier alpha value is -2.55. The lowest BCUT2D eigenvalue weighted by Gasteiger charge is -2.24. The fourth-order valence-corrected chi connectivity index (χ4v) is 3.36. The molecular weight excluding hydrogens is 354 g/mol. The zero-order valence-electron chi connectivity index (χ0n) is 13.9. The number of anilines is 1. The molecule has 0 saturated heterocycles. The number of rotatable bonds is 6. The van der Waals surface area contributed by atoms with Crippen LogP contribution in [0.1, 0.15) is 29.2 Å². The van der Waals surface area contributed by atoms with Crippen molar-refractivity contribution >= 4 is 28.4 Å². The van der Waals surface area contributed by atoms with Gasteiger partial charge in [-0.1, -0.05) is 47.5 Å². The third-order valence-electron chi connectivity index (χ3n) is 4.24. The number of benzene rings is 2. The molecule has 0 saturated carbocycles. The predicted octanol–water partition coefficient (Wildman–Crippen LogP) is 1.92. The van der Waals surface area contributed by atoms with Crippen LogP contribution in [0.25, 0.3) is 0 Å². The van der Waals surface area contributed by atoms with E-state index in [0.717, 1.165) is 11.1 Å². The zero-order valence-corrected chi connectivity index (χ0v) is 14.7. The molecule has 1 heterocycles. The largest absolute Gasteiger partial charge is 0.772 e. The summed E-state index contributed by atoms with van der Waals surface area (Å²) < 4.78 is 21.6. The summed E-state index contributed by atoms with van der Waals surface area (Å²) in [5.74, 6) is -1.11. The van der Waals surface area contributed by atoms with E-state index in [9.17, 15) is 18.7 Å². The van der Waals surface area contributed by atoms with E-state index < -0.39 is 17.0 Å². The first-order chi connectivity index (χ1) is 12.5. The van der Waals surface area contributed by atoms with Gasteiger partial charge in [-0.15, -0.1) is 0 Å². The smallest absolute Gasteiger partial charge is 0.352 e. The van der Waals surface area contributed by atoms with Gasteiger partial charge in [0.05, 0.1) is 11.7 Å². The van der Waals surface area contributed by atoms with Gasteiger partial charge in [0.2, 0.25) is 0 Å². The molecule has 2 aromatic carbocycles. The number of nitrogens with two attached hydrogens (primary N) is 1. The Balaban J connectivity index is 1.91. The minimum absolute atomic E-state index is 0.0616. The molecular formula is C18H18N3O4S-. The summed E-state index contributed by atoms with van der Waals surface area (Å²) in [4.78, 5) is 11.4. The van der Waals surface area contributed by atoms with E-state index >= 15 is 0 Å². The number of nitrogens with zero attached hydrogens (tertiary/aromatic N) is 2. The second kappa shape index (κ2) is 7.77. The minimum Gasteiger partial charge on any atom is -0.772 e. The summed E-state index contributed by atoms with van der Waals surface area (Å²) in [6.07, 6.45) is 0.281. The number of hydrazone groups is 1. The Bertz CT molecular complexity index is 850. The topological polar surface area (TPSA) is 119 Å². The molecule has 7 nitrogen and oxygen atoms in total. The monoisotopic (exact) mass is 372 g/mol. The van der Waals surface area contributed by atoms with Crippen LogP contribution >= 0.6 is 0 Å². The lowest BCUT2D eigenvalue weighted by molar-refractivity contribution is -0.129. The third-order valence-corrected chi connectivity index (χ3v) is 4.81. The number of hydrogen-bond acceptors (Lipinski definition) is 6. The van der Waals surface area contributed by atoms with Gasteiger partial charge in [0, 0.05) is 18.7 Å². The molecule has 1 aliphatic rings. The van der Waals surface area contributed by atoms with E-state index in [1.807, 2.05) is 24.3 Å². The molecule has 0 bridgehead atoms. The van der Waals surface area contributed by atoms with Gasteiger partial charge in [0.1, 0.15) is 5.71 Å². The van der Waals surface area contributed by atoms with E-state index in [2.05, 4.69) is 5.10 Å². The van der Waals surface area contributed by atoms with Gasteiger partial charge in [-0.05, 0) is 28.8 Å². The summed E-state index contributed by atoms with van der Waals surface area (Å²) in [5, 5.41) is 15.2. The molecule has 2 atom stereocenters. The molecule has 8 heteroatoms.